The van der Waals surface area contributed by atoms with E-state index in [9.17, 15) is 4.79 Å². The number of carbonyl (C=O) groups is 1. The van der Waals surface area contributed by atoms with Crippen LogP contribution >= 0.6 is 0 Å². The SMILES string of the molecule is C[C@H]1C=C2CN(n3ccnc3)C(=O)C2=CC1. The minimum atomic E-state index is 0.0798. The van der Waals surface area contributed by atoms with Gasteiger partial charge in [0.2, 0.25) is 0 Å². The van der Waals surface area contributed by atoms with Crippen molar-refractivity contribution in [3.05, 3.63) is 42.0 Å². The van der Waals surface area contributed by atoms with Gasteiger partial charge in [-0.3, -0.25) is 4.79 Å². The summed E-state index contributed by atoms with van der Waals surface area (Å²) >= 11 is 0. The van der Waals surface area contributed by atoms with E-state index in [2.05, 4.69) is 24.1 Å². The number of allylic oxidation sites excluding steroid dienone is 2. The first-order valence-electron chi connectivity index (χ1n) is 5.47. The predicted molar refractivity (Wildman–Crippen MR) is 60.3 cm³/mol. The summed E-state index contributed by atoms with van der Waals surface area (Å²) < 4.78 is 1.74. The molecule has 1 aromatic rings. The predicted octanol–water partition coefficient (Wildman–Crippen LogP) is 1.25. The Morgan fingerprint density at radius 3 is 3.12 bits per heavy atom. The molecule has 1 aromatic heterocycles. The smallest absolute Gasteiger partial charge is 0.267 e. The third-order valence-corrected chi connectivity index (χ3v) is 3.08. The van der Waals surface area contributed by atoms with Gasteiger partial charge in [-0.2, -0.15) is 0 Å². The molecule has 4 heteroatoms. The van der Waals surface area contributed by atoms with Crippen molar-refractivity contribution in [2.24, 2.45) is 5.92 Å². The van der Waals surface area contributed by atoms with E-state index in [0.29, 0.717) is 12.5 Å². The second kappa shape index (κ2) is 3.33. The lowest BCUT2D eigenvalue weighted by molar-refractivity contribution is -0.115. The van der Waals surface area contributed by atoms with E-state index in [4.69, 9.17) is 0 Å². The summed E-state index contributed by atoms with van der Waals surface area (Å²) in [6, 6.07) is 0. The van der Waals surface area contributed by atoms with E-state index in [0.717, 1.165) is 17.6 Å². The van der Waals surface area contributed by atoms with E-state index in [1.54, 1.807) is 28.4 Å². The van der Waals surface area contributed by atoms with Gasteiger partial charge in [0.15, 0.2) is 0 Å². The van der Waals surface area contributed by atoms with Crippen LogP contribution in [0.15, 0.2) is 42.0 Å². The van der Waals surface area contributed by atoms with Crippen LogP contribution < -0.4 is 5.01 Å². The molecule has 2 aliphatic rings. The Morgan fingerprint density at radius 2 is 2.38 bits per heavy atom. The van der Waals surface area contributed by atoms with Gasteiger partial charge in [-0.05, 0) is 17.9 Å². The summed E-state index contributed by atoms with van der Waals surface area (Å²) in [7, 11) is 0. The van der Waals surface area contributed by atoms with Crippen molar-refractivity contribution >= 4 is 5.91 Å². The van der Waals surface area contributed by atoms with Gasteiger partial charge < -0.3 is 0 Å². The Bertz CT molecular complexity index is 484. The number of hydrogen-bond acceptors (Lipinski definition) is 2. The molecule has 3 rings (SSSR count). The third kappa shape index (κ3) is 1.30. The number of aromatic nitrogens is 2. The van der Waals surface area contributed by atoms with Crippen molar-refractivity contribution in [1.82, 2.24) is 9.66 Å². The zero-order chi connectivity index (χ0) is 11.1. The monoisotopic (exact) mass is 215 g/mol. The second-order valence-electron chi connectivity index (χ2n) is 4.33. The van der Waals surface area contributed by atoms with Crippen LogP contribution in [0, 0.1) is 5.92 Å². The molecule has 16 heavy (non-hydrogen) atoms. The second-order valence-corrected chi connectivity index (χ2v) is 4.33. The maximum absolute atomic E-state index is 12.1. The maximum Gasteiger partial charge on any atom is 0.273 e. The molecule has 82 valence electrons. The largest absolute Gasteiger partial charge is 0.273 e. The molecule has 0 N–H and O–H groups in total. The van der Waals surface area contributed by atoms with Crippen LogP contribution in [0.5, 0.6) is 0 Å². The summed E-state index contributed by atoms with van der Waals surface area (Å²) in [5.74, 6) is 0.616. The van der Waals surface area contributed by atoms with E-state index < -0.39 is 0 Å². The summed E-state index contributed by atoms with van der Waals surface area (Å²) in [5, 5.41) is 1.71. The van der Waals surface area contributed by atoms with Crippen molar-refractivity contribution in [2.45, 2.75) is 13.3 Å². The van der Waals surface area contributed by atoms with Crippen LogP contribution in [-0.4, -0.2) is 22.1 Å². The molecule has 0 radical (unpaired) electrons. The van der Waals surface area contributed by atoms with Gasteiger partial charge in [0.1, 0.15) is 6.33 Å². The van der Waals surface area contributed by atoms with Gasteiger partial charge in [-0.15, -0.1) is 0 Å². The Kier molecular flexibility index (Phi) is 1.96. The Hall–Kier alpha value is -1.84. The summed E-state index contributed by atoms with van der Waals surface area (Å²) in [4.78, 5) is 16.1. The molecular formula is C12H13N3O. The van der Waals surface area contributed by atoms with Crippen molar-refractivity contribution < 1.29 is 4.79 Å². The van der Waals surface area contributed by atoms with Crippen molar-refractivity contribution in [2.75, 3.05) is 11.6 Å². The minimum Gasteiger partial charge on any atom is -0.267 e. The molecular weight excluding hydrogens is 202 g/mol. The van der Waals surface area contributed by atoms with Crippen LogP contribution in [0.25, 0.3) is 0 Å². The van der Waals surface area contributed by atoms with Gasteiger partial charge in [0.05, 0.1) is 6.54 Å². The molecule has 0 bridgehead atoms. The van der Waals surface area contributed by atoms with Crippen molar-refractivity contribution in [3.63, 3.8) is 0 Å². The number of carbonyl (C=O) groups excluding carboxylic acids is 1. The first-order chi connectivity index (χ1) is 7.75. The molecule has 1 atom stereocenters. The summed E-state index contributed by atoms with van der Waals surface area (Å²) in [5.41, 5.74) is 2.02. The standard InChI is InChI=1S/C12H13N3O/c1-9-2-3-11-10(6-9)7-15(12(11)16)14-5-4-13-8-14/h3-6,8-9H,2,7H2,1H3/t9-/m1/s1. The Morgan fingerprint density at radius 1 is 1.50 bits per heavy atom. The first-order valence-corrected chi connectivity index (χ1v) is 5.47. The Balaban J connectivity index is 1.97. The van der Waals surface area contributed by atoms with Gasteiger partial charge in [0.25, 0.3) is 5.91 Å². The molecule has 1 saturated heterocycles. The average Bonchev–Trinajstić information content (AvgIpc) is 2.86. The van der Waals surface area contributed by atoms with Crippen molar-refractivity contribution in [1.29, 1.82) is 0 Å². The topological polar surface area (TPSA) is 38.1 Å². The lowest BCUT2D eigenvalue weighted by Crippen LogP contribution is -2.34. The van der Waals surface area contributed by atoms with E-state index in [-0.39, 0.29) is 5.91 Å². The van der Waals surface area contributed by atoms with Crippen LogP contribution in [0.1, 0.15) is 13.3 Å². The highest BCUT2D eigenvalue weighted by Gasteiger charge is 2.33. The number of rotatable bonds is 1. The fourth-order valence-corrected chi connectivity index (χ4v) is 2.25. The van der Waals surface area contributed by atoms with Crippen LogP contribution in [0.2, 0.25) is 0 Å². The van der Waals surface area contributed by atoms with E-state index in [1.165, 1.54) is 0 Å². The average molecular weight is 215 g/mol. The van der Waals surface area contributed by atoms with E-state index in [1.807, 2.05) is 0 Å². The third-order valence-electron chi connectivity index (χ3n) is 3.08. The fraction of sp³-hybridized carbons (Fsp3) is 0.333. The lowest BCUT2D eigenvalue weighted by atomic mass is 9.93. The highest BCUT2D eigenvalue weighted by atomic mass is 16.2. The molecule has 0 saturated carbocycles. The molecule has 1 fully saturated rings. The molecule has 1 aliphatic carbocycles. The molecule has 1 amide bonds. The number of nitrogens with zero attached hydrogens (tertiary/aromatic N) is 3. The molecule has 1 aliphatic heterocycles. The normalized spacial score (nSPS) is 24.2. The van der Waals surface area contributed by atoms with Gasteiger partial charge in [-0.1, -0.05) is 19.1 Å². The highest BCUT2D eigenvalue weighted by molar-refractivity contribution is 6.08. The van der Waals surface area contributed by atoms with Crippen LogP contribution in [0.4, 0.5) is 0 Å². The van der Waals surface area contributed by atoms with Gasteiger partial charge in [0, 0.05) is 18.0 Å². The fourth-order valence-electron chi connectivity index (χ4n) is 2.25. The first kappa shape index (κ1) is 9.39. The summed E-state index contributed by atoms with van der Waals surface area (Å²) in [6.45, 7) is 2.83. The quantitative estimate of drug-likeness (QED) is 0.707. The van der Waals surface area contributed by atoms with E-state index >= 15 is 0 Å². The zero-order valence-electron chi connectivity index (χ0n) is 9.13. The van der Waals surface area contributed by atoms with Gasteiger partial charge in [-0.25, -0.2) is 14.7 Å². The molecule has 2 heterocycles. The van der Waals surface area contributed by atoms with Gasteiger partial charge >= 0.3 is 0 Å². The molecule has 0 spiro atoms. The van der Waals surface area contributed by atoms with Crippen LogP contribution in [-0.2, 0) is 4.79 Å². The number of amides is 1. The van der Waals surface area contributed by atoms with Crippen LogP contribution in [0.3, 0.4) is 0 Å². The Labute approximate surface area is 93.9 Å². The minimum absolute atomic E-state index is 0.0798. The number of imidazole rings is 1. The maximum atomic E-state index is 12.1. The van der Waals surface area contributed by atoms with Crippen molar-refractivity contribution in [3.8, 4) is 0 Å². The lowest BCUT2D eigenvalue weighted by Gasteiger charge is -2.14. The summed E-state index contributed by atoms with van der Waals surface area (Å²) in [6.07, 6.45) is 10.3. The molecule has 0 unspecified atom stereocenters. The molecule has 0 aromatic carbocycles. The number of fused-ring (bicyclic) bond motifs is 1. The number of hydrogen-bond donors (Lipinski definition) is 0. The highest BCUT2D eigenvalue weighted by Crippen LogP contribution is 2.29. The molecule has 4 nitrogen and oxygen atoms in total. The zero-order valence-corrected chi connectivity index (χ0v) is 9.13.